The van der Waals surface area contributed by atoms with Crippen LogP contribution in [0.1, 0.15) is 12.8 Å². The Morgan fingerprint density at radius 3 is 2.58 bits per heavy atom. The fourth-order valence-corrected chi connectivity index (χ4v) is 0.704. The van der Waals surface area contributed by atoms with Crippen molar-refractivity contribution in [2.45, 2.75) is 25.2 Å². The molecule has 12 heavy (non-hydrogen) atoms. The maximum Gasteiger partial charge on any atom is 0.305 e. The van der Waals surface area contributed by atoms with Crippen LogP contribution in [0.25, 0.3) is 0 Å². The summed E-state index contributed by atoms with van der Waals surface area (Å²) in [5.74, 6) is -0.339. The van der Waals surface area contributed by atoms with Gasteiger partial charge in [-0.3, -0.25) is 4.79 Å². The fraction of sp³-hybridized carbons (Fsp3) is 0.857. The van der Waals surface area contributed by atoms with Crippen molar-refractivity contribution in [3.63, 3.8) is 0 Å². The van der Waals surface area contributed by atoms with Crippen molar-refractivity contribution in [1.82, 2.24) is 0 Å². The second-order valence-electron chi connectivity index (χ2n) is 2.40. The van der Waals surface area contributed by atoms with E-state index in [1.807, 2.05) is 0 Å². The summed E-state index contributed by atoms with van der Waals surface area (Å²) in [6.45, 7) is 0. The van der Waals surface area contributed by atoms with Crippen LogP contribution in [0.4, 0.5) is 0 Å². The number of hydrogen-bond acceptors (Lipinski definition) is 5. The minimum absolute atomic E-state index is 0.193. The maximum atomic E-state index is 10.6. The predicted octanol–water partition coefficient (Wildman–Crippen LogP) is -0.768. The standard InChI is InChI=1S/C7H15NO4/c1-11-6(9)4-3-5(8)7(10)12-2/h5,7,10H,3-4,8H2,1-2H3. The molecule has 0 radical (unpaired) electrons. The van der Waals surface area contributed by atoms with Gasteiger partial charge in [0.25, 0.3) is 0 Å². The summed E-state index contributed by atoms with van der Waals surface area (Å²) in [5, 5.41) is 9.01. The van der Waals surface area contributed by atoms with E-state index < -0.39 is 12.3 Å². The summed E-state index contributed by atoms with van der Waals surface area (Å²) < 4.78 is 8.95. The molecule has 0 amide bonds. The van der Waals surface area contributed by atoms with Crippen LogP contribution in [0.5, 0.6) is 0 Å². The number of rotatable bonds is 5. The molecular formula is C7H15NO4. The third-order valence-corrected chi connectivity index (χ3v) is 1.52. The van der Waals surface area contributed by atoms with Crippen molar-refractivity contribution < 1.29 is 19.4 Å². The Morgan fingerprint density at radius 2 is 2.17 bits per heavy atom. The number of methoxy groups -OCH3 is 2. The molecule has 0 aromatic heterocycles. The Labute approximate surface area is 71.5 Å². The van der Waals surface area contributed by atoms with Crippen molar-refractivity contribution in [2.75, 3.05) is 14.2 Å². The molecule has 0 aromatic rings. The Kier molecular flexibility index (Phi) is 5.61. The van der Waals surface area contributed by atoms with Gasteiger partial charge in [-0.15, -0.1) is 0 Å². The van der Waals surface area contributed by atoms with Gasteiger partial charge in [-0.05, 0) is 6.42 Å². The van der Waals surface area contributed by atoms with E-state index in [0.29, 0.717) is 6.42 Å². The first-order chi connectivity index (χ1) is 5.61. The molecule has 0 aromatic carbocycles. The Hall–Kier alpha value is -0.650. The lowest BCUT2D eigenvalue weighted by Crippen LogP contribution is -2.36. The van der Waals surface area contributed by atoms with Gasteiger partial charge in [0.1, 0.15) is 0 Å². The molecule has 0 saturated carbocycles. The Balaban J connectivity index is 3.56. The van der Waals surface area contributed by atoms with Crippen molar-refractivity contribution in [3.8, 4) is 0 Å². The molecular weight excluding hydrogens is 162 g/mol. The molecule has 0 bridgehead atoms. The summed E-state index contributed by atoms with van der Waals surface area (Å²) >= 11 is 0. The van der Waals surface area contributed by atoms with Crippen molar-refractivity contribution in [2.24, 2.45) is 5.73 Å². The van der Waals surface area contributed by atoms with E-state index in [1.54, 1.807) is 0 Å². The zero-order chi connectivity index (χ0) is 9.56. The molecule has 2 atom stereocenters. The van der Waals surface area contributed by atoms with E-state index in [1.165, 1.54) is 14.2 Å². The molecule has 0 aliphatic heterocycles. The fourth-order valence-electron chi connectivity index (χ4n) is 0.704. The topological polar surface area (TPSA) is 81.8 Å². The second-order valence-corrected chi connectivity index (χ2v) is 2.40. The molecule has 72 valence electrons. The third kappa shape index (κ3) is 4.27. The number of aliphatic hydroxyl groups is 1. The normalized spacial score (nSPS) is 15.3. The summed E-state index contributed by atoms with van der Waals surface area (Å²) in [6, 6.07) is -0.547. The molecule has 0 fully saturated rings. The molecule has 5 nitrogen and oxygen atoms in total. The SMILES string of the molecule is COC(=O)CCC(N)C(O)OC. The highest BCUT2D eigenvalue weighted by Gasteiger charge is 2.14. The lowest BCUT2D eigenvalue weighted by molar-refractivity contribution is -0.141. The van der Waals surface area contributed by atoms with Gasteiger partial charge < -0.3 is 20.3 Å². The molecule has 0 rings (SSSR count). The number of nitrogens with two attached hydrogens (primary N) is 1. The quantitative estimate of drug-likeness (QED) is 0.426. The van der Waals surface area contributed by atoms with E-state index in [4.69, 9.17) is 10.8 Å². The predicted molar refractivity (Wildman–Crippen MR) is 42.2 cm³/mol. The number of hydrogen-bond donors (Lipinski definition) is 2. The van der Waals surface area contributed by atoms with Gasteiger partial charge in [-0.25, -0.2) is 0 Å². The maximum absolute atomic E-state index is 10.6. The molecule has 0 saturated heterocycles. The zero-order valence-electron chi connectivity index (χ0n) is 7.32. The van der Waals surface area contributed by atoms with E-state index in [-0.39, 0.29) is 12.4 Å². The highest BCUT2D eigenvalue weighted by atomic mass is 16.6. The van der Waals surface area contributed by atoms with E-state index in [9.17, 15) is 4.79 Å². The molecule has 2 unspecified atom stereocenters. The van der Waals surface area contributed by atoms with Crippen LogP contribution in [0.15, 0.2) is 0 Å². The lowest BCUT2D eigenvalue weighted by Gasteiger charge is -2.15. The monoisotopic (exact) mass is 177 g/mol. The summed E-state index contributed by atoms with van der Waals surface area (Å²) in [7, 11) is 2.66. The van der Waals surface area contributed by atoms with Crippen LogP contribution >= 0.6 is 0 Å². The number of aliphatic hydroxyl groups excluding tert-OH is 1. The van der Waals surface area contributed by atoms with Gasteiger partial charge in [0.05, 0.1) is 13.2 Å². The minimum Gasteiger partial charge on any atom is -0.469 e. The molecule has 5 heteroatoms. The van der Waals surface area contributed by atoms with Gasteiger partial charge in [-0.2, -0.15) is 0 Å². The minimum atomic E-state index is -1.02. The highest BCUT2D eigenvalue weighted by Crippen LogP contribution is 2.01. The number of carbonyl (C=O) groups is 1. The molecule has 3 N–H and O–H groups in total. The van der Waals surface area contributed by atoms with Crippen molar-refractivity contribution >= 4 is 5.97 Å². The molecule has 0 heterocycles. The average molecular weight is 177 g/mol. The Bertz CT molecular complexity index is 139. The van der Waals surface area contributed by atoms with Crippen LogP contribution in [0, 0.1) is 0 Å². The first-order valence-electron chi connectivity index (χ1n) is 3.65. The molecule has 0 aliphatic carbocycles. The van der Waals surface area contributed by atoms with Gasteiger partial charge in [-0.1, -0.05) is 0 Å². The molecule has 0 spiro atoms. The average Bonchev–Trinajstić information content (AvgIpc) is 2.11. The number of carbonyl (C=O) groups excluding carboxylic acids is 1. The van der Waals surface area contributed by atoms with E-state index in [2.05, 4.69) is 9.47 Å². The van der Waals surface area contributed by atoms with E-state index in [0.717, 1.165) is 0 Å². The lowest BCUT2D eigenvalue weighted by atomic mass is 10.1. The smallest absolute Gasteiger partial charge is 0.305 e. The van der Waals surface area contributed by atoms with E-state index >= 15 is 0 Å². The van der Waals surface area contributed by atoms with Crippen LogP contribution in [-0.2, 0) is 14.3 Å². The van der Waals surface area contributed by atoms with Crippen LogP contribution in [-0.4, -0.2) is 37.6 Å². The van der Waals surface area contributed by atoms with Crippen LogP contribution in [0.3, 0.4) is 0 Å². The van der Waals surface area contributed by atoms with Crippen LogP contribution in [0.2, 0.25) is 0 Å². The zero-order valence-corrected chi connectivity index (χ0v) is 7.32. The number of esters is 1. The summed E-state index contributed by atoms with van der Waals surface area (Å²) in [6.07, 6.45) is -0.477. The van der Waals surface area contributed by atoms with Gasteiger partial charge in [0, 0.05) is 13.5 Å². The first kappa shape index (κ1) is 11.4. The highest BCUT2D eigenvalue weighted by molar-refractivity contribution is 5.69. The van der Waals surface area contributed by atoms with Gasteiger partial charge in [0.2, 0.25) is 0 Å². The summed E-state index contributed by atoms with van der Waals surface area (Å²) in [4.78, 5) is 10.6. The molecule has 0 aliphatic rings. The van der Waals surface area contributed by atoms with Crippen molar-refractivity contribution in [1.29, 1.82) is 0 Å². The largest absolute Gasteiger partial charge is 0.469 e. The van der Waals surface area contributed by atoms with Gasteiger partial charge >= 0.3 is 5.97 Å². The third-order valence-electron chi connectivity index (χ3n) is 1.52. The second kappa shape index (κ2) is 5.93. The van der Waals surface area contributed by atoms with Gasteiger partial charge in [0.15, 0.2) is 6.29 Å². The van der Waals surface area contributed by atoms with Crippen molar-refractivity contribution in [3.05, 3.63) is 0 Å². The summed E-state index contributed by atoms with van der Waals surface area (Å²) in [5.41, 5.74) is 5.45. The van der Waals surface area contributed by atoms with Crippen LogP contribution < -0.4 is 5.73 Å². The number of ether oxygens (including phenoxy) is 2. The first-order valence-corrected chi connectivity index (χ1v) is 3.65. The Morgan fingerprint density at radius 1 is 1.58 bits per heavy atom.